The first kappa shape index (κ1) is 18.0. The van der Waals surface area contributed by atoms with Crippen molar-refractivity contribution < 1.29 is 14.3 Å². The third-order valence-electron chi connectivity index (χ3n) is 4.21. The molecule has 122 valence electrons. The number of carbonyl (C=O) groups excluding carboxylic acids is 2. The van der Waals surface area contributed by atoms with Crippen LogP contribution < -0.4 is 0 Å². The van der Waals surface area contributed by atoms with Gasteiger partial charge in [-0.15, -0.1) is 0 Å². The summed E-state index contributed by atoms with van der Waals surface area (Å²) in [6, 6.07) is 0. The highest BCUT2D eigenvalue weighted by molar-refractivity contribution is 5.77. The van der Waals surface area contributed by atoms with Gasteiger partial charge >= 0.3 is 5.97 Å². The van der Waals surface area contributed by atoms with Crippen LogP contribution in [0.15, 0.2) is 0 Å². The van der Waals surface area contributed by atoms with E-state index in [1.165, 1.54) is 32.1 Å². The molecular formula is C17H31NO3. The summed E-state index contributed by atoms with van der Waals surface area (Å²) in [5, 5.41) is 0. The van der Waals surface area contributed by atoms with E-state index < -0.39 is 0 Å². The Morgan fingerprint density at radius 1 is 1.10 bits per heavy atom. The summed E-state index contributed by atoms with van der Waals surface area (Å²) in [7, 11) is 0. The molecule has 0 heterocycles. The Bertz CT molecular complexity index is 311. The molecule has 0 saturated heterocycles. The van der Waals surface area contributed by atoms with Gasteiger partial charge in [0.2, 0.25) is 5.91 Å². The van der Waals surface area contributed by atoms with Crippen molar-refractivity contribution in [3.05, 3.63) is 0 Å². The SMILES string of the molecule is CCCCN(CCC(=O)OCC)C(=O)CC1CCCCC1. The largest absolute Gasteiger partial charge is 0.466 e. The fourth-order valence-corrected chi connectivity index (χ4v) is 2.94. The summed E-state index contributed by atoms with van der Waals surface area (Å²) < 4.78 is 4.95. The number of esters is 1. The van der Waals surface area contributed by atoms with E-state index in [2.05, 4.69) is 6.92 Å². The molecule has 1 rings (SSSR count). The molecule has 0 unspecified atom stereocenters. The van der Waals surface area contributed by atoms with Gasteiger partial charge in [0.15, 0.2) is 0 Å². The average Bonchev–Trinajstić information content (AvgIpc) is 2.48. The highest BCUT2D eigenvalue weighted by Crippen LogP contribution is 2.26. The van der Waals surface area contributed by atoms with Gasteiger partial charge in [-0.1, -0.05) is 32.6 Å². The first-order valence-corrected chi connectivity index (χ1v) is 8.60. The predicted octanol–water partition coefficient (Wildman–Crippen LogP) is 3.54. The third kappa shape index (κ3) is 7.49. The van der Waals surface area contributed by atoms with E-state index in [4.69, 9.17) is 4.74 Å². The van der Waals surface area contributed by atoms with Crippen LogP contribution in [0.4, 0.5) is 0 Å². The van der Waals surface area contributed by atoms with Crippen molar-refractivity contribution in [2.75, 3.05) is 19.7 Å². The first-order valence-electron chi connectivity index (χ1n) is 8.60. The van der Waals surface area contributed by atoms with E-state index in [1.54, 1.807) is 6.92 Å². The fraction of sp³-hybridized carbons (Fsp3) is 0.882. The molecule has 1 fully saturated rings. The molecule has 0 radical (unpaired) electrons. The molecule has 4 nitrogen and oxygen atoms in total. The molecule has 0 atom stereocenters. The molecule has 0 aliphatic heterocycles. The normalized spacial score (nSPS) is 15.7. The van der Waals surface area contributed by atoms with E-state index in [-0.39, 0.29) is 11.9 Å². The van der Waals surface area contributed by atoms with E-state index in [1.807, 2.05) is 4.90 Å². The van der Waals surface area contributed by atoms with Crippen molar-refractivity contribution >= 4 is 11.9 Å². The number of nitrogens with zero attached hydrogens (tertiary/aromatic N) is 1. The van der Waals surface area contributed by atoms with E-state index in [0.717, 1.165) is 19.4 Å². The molecule has 0 aromatic carbocycles. The molecule has 0 aromatic heterocycles. The molecule has 0 N–H and O–H groups in total. The minimum absolute atomic E-state index is 0.204. The highest BCUT2D eigenvalue weighted by atomic mass is 16.5. The van der Waals surface area contributed by atoms with Crippen LogP contribution in [0.2, 0.25) is 0 Å². The van der Waals surface area contributed by atoms with Crippen LogP contribution in [-0.2, 0) is 14.3 Å². The number of hydrogen-bond donors (Lipinski definition) is 0. The minimum Gasteiger partial charge on any atom is -0.466 e. The van der Waals surface area contributed by atoms with Gasteiger partial charge in [-0.2, -0.15) is 0 Å². The zero-order chi connectivity index (χ0) is 15.5. The number of unbranched alkanes of at least 4 members (excludes halogenated alkanes) is 1. The van der Waals surface area contributed by atoms with Crippen molar-refractivity contribution in [3.8, 4) is 0 Å². The van der Waals surface area contributed by atoms with E-state index in [0.29, 0.717) is 31.9 Å². The van der Waals surface area contributed by atoms with Crippen LogP contribution in [0.1, 0.15) is 71.6 Å². The summed E-state index contributed by atoms with van der Waals surface area (Å²) in [6.45, 7) is 5.60. The molecule has 1 amide bonds. The average molecular weight is 297 g/mol. The quantitative estimate of drug-likeness (QED) is 0.612. The molecule has 0 bridgehead atoms. The lowest BCUT2D eigenvalue weighted by atomic mass is 9.86. The Kier molecular flexibility index (Phi) is 9.11. The lowest BCUT2D eigenvalue weighted by Crippen LogP contribution is -2.35. The van der Waals surface area contributed by atoms with Gasteiger partial charge in [-0.25, -0.2) is 0 Å². The van der Waals surface area contributed by atoms with Crippen LogP contribution in [-0.4, -0.2) is 36.5 Å². The van der Waals surface area contributed by atoms with Gasteiger partial charge in [0.05, 0.1) is 13.0 Å². The van der Waals surface area contributed by atoms with E-state index >= 15 is 0 Å². The van der Waals surface area contributed by atoms with Crippen molar-refractivity contribution in [2.45, 2.75) is 71.6 Å². The van der Waals surface area contributed by atoms with Gasteiger partial charge in [0.1, 0.15) is 0 Å². The lowest BCUT2D eigenvalue weighted by Gasteiger charge is -2.26. The number of amides is 1. The Morgan fingerprint density at radius 2 is 1.81 bits per heavy atom. The molecule has 1 aliphatic rings. The Hall–Kier alpha value is -1.06. The molecular weight excluding hydrogens is 266 g/mol. The summed E-state index contributed by atoms with van der Waals surface area (Å²) in [6.07, 6.45) is 9.24. The second kappa shape index (κ2) is 10.6. The predicted molar refractivity (Wildman–Crippen MR) is 83.9 cm³/mol. The van der Waals surface area contributed by atoms with Crippen molar-refractivity contribution in [1.82, 2.24) is 4.90 Å². The Morgan fingerprint density at radius 3 is 2.43 bits per heavy atom. The standard InChI is InChI=1S/C17H31NO3/c1-3-5-12-18(13-11-17(20)21-4-2)16(19)14-15-9-7-6-8-10-15/h15H,3-14H2,1-2H3. The molecule has 1 aliphatic carbocycles. The second-order valence-electron chi connectivity index (χ2n) is 6.00. The van der Waals surface area contributed by atoms with E-state index in [9.17, 15) is 9.59 Å². The van der Waals surface area contributed by atoms with Gasteiger partial charge in [0, 0.05) is 19.5 Å². The maximum atomic E-state index is 12.5. The summed E-state index contributed by atoms with van der Waals surface area (Å²) >= 11 is 0. The van der Waals surface area contributed by atoms with Gasteiger partial charge < -0.3 is 9.64 Å². The van der Waals surface area contributed by atoms with Crippen molar-refractivity contribution in [2.24, 2.45) is 5.92 Å². The maximum Gasteiger partial charge on any atom is 0.307 e. The van der Waals surface area contributed by atoms with Gasteiger partial charge in [-0.3, -0.25) is 9.59 Å². The molecule has 1 saturated carbocycles. The molecule has 0 spiro atoms. The van der Waals surface area contributed by atoms with Crippen LogP contribution in [0.5, 0.6) is 0 Å². The van der Waals surface area contributed by atoms with Crippen LogP contribution in [0.25, 0.3) is 0 Å². The van der Waals surface area contributed by atoms with Crippen LogP contribution >= 0.6 is 0 Å². The minimum atomic E-state index is -0.204. The molecule has 4 heteroatoms. The maximum absolute atomic E-state index is 12.5. The Balaban J connectivity index is 2.41. The zero-order valence-electron chi connectivity index (χ0n) is 13.7. The number of carbonyl (C=O) groups is 2. The summed E-state index contributed by atoms with van der Waals surface area (Å²) in [5.41, 5.74) is 0. The number of rotatable bonds is 9. The highest BCUT2D eigenvalue weighted by Gasteiger charge is 2.21. The fourth-order valence-electron chi connectivity index (χ4n) is 2.94. The lowest BCUT2D eigenvalue weighted by molar-refractivity contribution is -0.144. The smallest absolute Gasteiger partial charge is 0.307 e. The topological polar surface area (TPSA) is 46.6 Å². The summed E-state index contributed by atoms with van der Waals surface area (Å²) in [4.78, 5) is 25.8. The number of ether oxygens (including phenoxy) is 1. The third-order valence-corrected chi connectivity index (χ3v) is 4.21. The zero-order valence-corrected chi connectivity index (χ0v) is 13.7. The van der Waals surface area contributed by atoms with Crippen molar-refractivity contribution in [3.63, 3.8) is 0 Å². The molecule has 21 heavy (non-hydrogen) atoms. The van der Waals surface area contributed by atoms with Crippen molar-refractivity contribution in [1.29, 1.82) is 0 Å². The first-order chi connectivity index (χ1) is 10.2. The van der Waals surface area contributed by atoms with Gasteiger partial charge in [0.25, 0.3) is 0 Å². The molecule has 0 aromatic rings. The monoisotopic (exact) mass is 297 g/mol. The van der Waals surface area contributed by atoms with Gasteiger partial charge in [-0.05, 0) is 32.1 Å². The van der Waals surface area contributed by atoms with Crippen LogP contribution in [0, 0.1) is 5.92 Å². The number of hydrogen-bond acceptors (Lipinski definition) is 3. The summed E-state index contributed by atoms with van der Waals surface area (Å²) in [5.74, 6) is 0.571. The second-order valence-corrected chi connectivity index (χ2v) is 6.00. The van der Waals surface area contributed by atoms with Crippen LogP contribution in [0.3, 0.4) is 0 Å². The Labute approximate surface area is 129 Å².